The Kier molecular flexibility index (Phi) is 4.39. The first-order chi connectivity index (χ1) is 10.7. The molecule has 2 heterocycles. The topological polar surface area (TPSA) is 53.4 Å². The van der Waals surface area contributed by atoms with Crippen LogP contribution in [0.25, 0.3) is 10.9 Å². The van der Waals surface area contributed by atoms with E-state index >= 15 is 0 Å². The fourth-order valence-corrected chi connectivity index (χ4v) is 3.63. The first kappa shape index (κ1) is 15.0. The molecular weight excluding hydrogens is 276 g/mol. The Balaban J connectivity index is 2.03. The van der Waals surface area contributed by atoms with Gasteiger partial charge in [0.15, 0.2) is 0 Å². The van der Waals surface area contributed by atoms with E-state index in [1.165, 1.54) is 5.56 Å². The lowest BCUT2D eigenvalue weighted by atomic mass is 9.93. The van der Waals surface area contributed by atoms with Gasteiger partial charge in [0, 0.05) is 17.6 Å². The molecule has 1 N–H and O–H groups in total. The maximum Gasteiger partial charge on any atom is 0.320 e. The number of carboxylic acids is 1. The molecule has 0 spiro atoms. The highest BCUT2D eigenvalue weighted by Crippen LogP contribution is 2.34. The molecule has 2 aromatic rings. The Labute approximate surface area is 130 Å². The molecule has 1 aromatic heterocycles. The van der Waals surface area contributed by atoms with Gasteiger partial charge >= 0.3 is 5.97 Å². The van der Waals surface area contributed by atoms with Crippen LogP contribution in [0.15, 0.2) is 36.5 Å². The number of likely N-dealkylation sites (tertiary alicyclic amines) is 1. The molecule has 1 aliphatic heterocycles. The predicted octanol–water partition coefficient (Wildman–Crippen LogP) is 3.63. The van der Waals surface area contributed by atoms with E-state index in [-0.39, 0.29) is 12.1 Å². The van der Waals surface area contributed by atoms with Crippen molar-refractivity contribution in [1.29, 1.82) is 0 Å². The van der Waals surface area contributed by atoms with E-state index in [1.807, 2.05) is 30.5 Å². The van der Waals surface area contributed by atoms with Crippen LogP contribution in [0, 0.1) is 0 Å². The van der Waals surface area contributed by atoms with E-state index in [2.05, 4.69) is 22.9 Å². The van der Waals surface area contributed by atoms with Crippen molar-refractivity contribution in [3.63, 3.8) is 0 Å². The first-order valence-corrected chi connectivity index (χ1v) is 8.04. The quantitative estimate of drug-likeness (QED) is 0.936. The number of aromatic nitrogens is 1. The summed E-state index contributed by atoms with van der Waals surface area (Å²) in [6, 6.07) is 9.91. The monoisotopic (exact) mass is 298 g/mol. The number of piperidine rings is 1. The zero-order valence-corrected chi connectivity index (χ0v) is 12.9. The Morgan fingerprint density at radius 3 is 2.95 bits per heavy atom. The summed E-state index contributed by atoms with van der Waals surface area (Å²) in [5.41, 5.74) is 2.17. The van der Waals surface area contributed by atoms with Crippen LogP contribution in [0.5, 0.6) is 0 Å². The second-order valence-electron chi connectivity index (χ2n) is 5.93. The highest BCUT2D eigenvalue weighted by Gasteiger charge is 2.33. The minimum Gasteiger partial charge on any atom is -0.480 e. The number of hydrogen-bond acceptors (Lipinski definition) is 3. The molecule has 4 nitrogen and oxygen atoms in total. The lowest BCUT2D eigenvalue weighted by Gasteiger charge is -2.39. The molecule has 1 aliphatic rings. The number of carbonyl (C=O) groups is 1. The smallest absolute Gasteiger partial charge is 0.320 e. The van der Waals surface area contributed by atoms with Crippen LogP contribution in [0.3, 0.4) is 0 Å². The van der Waals surface area contributed by atoms with Gasteiger partial charge in [0.1, 0.15) is 6.04 Å². The van der Waals surface area contributed by atoms with Crippen LogP contribution in [-0.2, 0) is 4.79 Å². The number of rotatable bonds is 4. The van der Waals surface area contributed by atoms with Crippen LogP contribution >= 0.6 is 0 Å². The van der Waals surface area contributed by atoms with Gasteiger partial charge in [-0.2, -0.15) is 0 Å². The molecular formula is C18H22N2O2. The van der Waals surface area contributed by atoms with Crippen LogP contribution in [0.4, 0.5) is 0 Å². The fourth-order valence-electron chi connectivity index (χ4n) is 3.63. The average molecular weight is 298 g/mol. The predicted molar refractivity (Wildman–Crippen MR) is 86.8 cm³/mol. The molecule has 1 fully saturated rings. The highest BCUT2D eigenvalue weighted by atomic mass is 16.4. The number of pyridine rings is 1. The van der Waals surface area contributed by atoms with Gasteiger partial charge in [-0.15, -0.1) is 0 Å². The van der Waals surface area contributed by atoms with Crippen LogP contribution < -0.4 is 0 Å². The zero-order valence-electron chi connectivity index (χ0n) is 12.9. The molecule has 0 aliphatic carbocycles. The van der Waals surface area contributed by atoms with Crippen LogP contribution in [0.1, 0.15) is 44.2 Å². The Bertz CT molecular complexity index is 666. The number of carboxylic acid groups (broad SMARTS) is 1. The van der Waals surface area contributed by atoms with Crippen molar-refractivity contribution in [2.24, 2.45) is 0 Å². The van der Waals surface area contributed by atoms with Crippen molar-refractivity contribution in [3.05, 3.63) is 42.1 Å². The Morgan fingerprint density at radius 1 is 1.36 bits per heavy atom. The Hall–Kier alpha value is -1.94. The second kappa shape index (κ2) is 6.44. The summed E-state index contributed by atoms with van der Waals surface area (Å²) in [5, 5.41) is 10.7. The largest absolute Gasteiger partial charge is 0.480 e. The minimum absolute atomic E-state index is 0.134. The fraction of sp³-hybridized carbons (Fsp3) is 0.444. The molecule has 2 atom stereocenters. The molecule has 0 radical (unpaired) electrons. The number of hydrogen-bond donors (Lipinski definition) is 1. The third-order valence-corrected chi connectivity index (χ3v) is 4.66. The molecule has 1 saturated heterocycles. The van der Waals surface area contributed by atoms with Gasteiger partial charge in [0.2, 0.25) is 0 Å². The van der Waals surface area contributed by atoms with E-state index in [0.29, 0.717) is 0 Å². The second-order valence-corrected chi connectivity index (χ2v) is 5.93. The summed E-state index contributed by atoms with van der Waals surface area (Å²) in [6.07, 6.45) is 5.55. The summed E-state index contributed by atoms with van der Waals surface area (Å²) in [7, 11) is 0. The molecule has 4 heteroatoms. The summed E-state index contributed by atoms with van der Waals surface area (Å²) in [4.78, 5) is 18.2. The standard InChI is InChI=1S/C18H22N2O2/c1-2-16(20-12-6-5-9-17(20)18(21)22)14-10-11-19-15-8-4-3-7-13(14)15/h3-4,7-8,10-11,16-17H,2,5-6,9,12H2,1H3,(H,21,22). The van der Waals surface area contributed by atoms with Crippen molar-refractivity contribution in [2.45, 2.75) is 44.7 Å². The molecule has 2 unspecified atom stereocenters. The number of nitrogens with zero attached hydrogens (tertiary/aromatic N) is 2. The molecule has 0 bridgehead atoms. The lowest BCUT2D eigenvalue weighted by molar-refractivity contribution is -0.146. The summed E-state index contributed by atoms with van der Waals surface area (Å²) >= 11 is 0. The summed E-state index contributed by atoms with van der Waals surface area (Å²) in [6.45, 7) is 2.99. The van der Waals surface area contributed by atoms with E-state index < -0.39 is 5.97 Å². The first-order valence-electron chi connectivity index (χ1n) is 8.04. The van der Waals surface area contributed by atoms with Gasteiger partial charge in [0.05, 0.1) is 5.52 Å². The summed E-state index contributed by atoms with van der Waals surface area (Å²) < 4.78 is 0. The molecule has 1 aromatic carbocycles. The van der Waals surface area contributed by atoms with Crippen LogP contribution in [0.2, 0.25) is 0 Å². The van der Waals surface area contributed by atoms with Crippen LogP contribution in [-0.4, -0.2) is 33.5 Å². The minimum atomic E-state index is -0.698. The van der Waals surface area contributed by atoms with Gasteiger partial charge in [-0.3, -0.25) is 14.7 Å². The number of benzene rings is 1. The van der Waals surface area contributed by atoms with E-state index in [1.54, 1.807) is 0 Å². The third-order valence-electron chi connectivity index (χ3n) is 4.66. The van der Waals surface area contributed by atoms with Gasteiger partial charge in [-0.25, -0.2) is 0 Å². The lowest BCUT2D eigenvalue weighted by Crippen LogP contribution is -2.46. The molecule has 116 valence electrons. The van der Waals surface area contributed by atoms with Crippen molar-refractivity contribution in [1.82, 2.24) is 9.88 Å². The van der Waals surface area contributed by atoms with E-state index in [4.69, 9.17) is 0 Å². The third kappa shape index (κ3) is 2.71. The maximum absolute atomic E-state index is 11.6. The normalized spacial score (nSPS) is 20.9. The van der Waals surface area contributed by atoms with E-state index in [9.17, 15) is 9.90 Å². The molecule has 22 heavy (non-hydrogen) atoms. The van der Waals surface area contributed by atoms with Crippen molar-refractivity contribution in [2.75, 3.05) is 6.54 Å². The molecule has 3 rings (SSSR count). The average Bonchev–Trinajstić information content (AvgIpc) is 2.56. The van der Waals surface area contributed by atoms with Gasteiger partial charge in [0.25, 0.3) is 0 Å². The maximum atomic E-state index is 11.6. The number of fused-ring (bicyclic) bond motifs is 1. The van der Waals surface area contributed by atoms with Crippen molar-refractivity contribution < 1.29 is 9.90 Å². The van der Waals surface area contributed by atoms with E-state index in [0.717, 1.165) is 43.1 Å². The van der Waals surface area contributed by atoms with Gasteiger partial charge in [-0.05, 0) is 43.5 Å². The molecule has 0 saturated carbocycles. The van der Waals surface area contributed by atoms with Gasteiger partial charge in [-0.1, -0.05) is 31.5 Å². The SMILES string of the molecule is CCC(c1ccnc2ccccc12)N1CCCCC1C(=O)O. The highest BCUT2D eigenvalue weighted by molar-refractivity contribution is 5.82. The molecule has 0 amide bonds. The number of para-hydroxylation sites is 1. The van der Waals surface area contributed by atoms with Crippen molar-refractivity contribution in [3.8, 4) is 0 Å². The van der Waals surface area contributed by atoms with Crippen molar-refractivity contribution >= 4 is 16.9 Å². The number of aliphatic carboxylic acids is 1. The van der Waals surface area contributed by atoms with Gasteiger partial charge < -0.3 is 5.11 Å². The summed E-state index contributed by atoms with van der Waals surface area (Å²) in [5.74, 6) is -0.698. The Morgan fingerprint density at radius 2 is 2.18 bits per heavy atom. The zero-order chi connectivity index (χ0) is 15.5.